The lowest BCUT2D eigenvalue weighted by molar-refractivity contribution is 0.102. The summed E-state index contributed by atoms with van der Waals surface area (Å²) in [6.07, 6.45) is 5.88. The van der Waals surface area contributed by atoms with Crippen LogP contribution in [0.5, 0.6) is 5.75 Å². The van der Waals surface area contributed by atoms with Gasteiger partial charge >= 0.3 is 0 Å². The molecule has 3 rings (SSSR count). The minimum Gasteiger partial charge on any atom is -0.493 e. The summed E-state index contributed by atoms with van der Waals surface area (Å²) in [5.41, 5.74) is 1.59. The molecule has 0 spiro atoms. The normalized spacial score (nSPS) is 11.0. The van der Waals surface area contributed by atoms with Crippen LogP contribution in [0.2, 0.25) is 0 Å². The number of rotatable bonds is 9. The SMILES string of the molecule is COCCCOc1cc(/C=C/c2ccccc2F)cc(C(=O)Nc2ccn(C)n2)c1. The van der Waals surface area contributed by atoms with E-state index in [9.17, 15) is 9.18 Å². The summed E-state index contributed by atoms with van der Waals surface area (Å²) in [5, 5.41) is 6.92. The molecule has 0 atom stereocenters. The second-order valence-electron chi connectivity index (χ2n) is 6.67. The summed E-state index contributed by atoms with van der Waals surface area (Å²) in [6, 6.07) is 13.4. The number of carbonyl (C=O) groups is 1. The molecule has 3 aromatic rings. The predicted molar refractivity (Wildman–Crippen MR) is 115 cm³/mol. The number of ether oxygens (including phenoxy) is 2. The molecular weight excluding hydrogens is 385 g/mol. The van der Waals surface area contributed by atoms with Crippen LogP contribution in [0.15, 0.2) is 54.7 Å². The Kier molecular flexibility index (Phi) is 7.34. The quantitative estimate of drug-likeness (QED) is 0.420. The van der Waals surface area contributed by atoms with Gasteiger partial charge in [-0.2, -0.15) is 5.10 Å². The maximum atomic E-state index is 13.9. The molecule has 30 heavy (non-hydrogen) atoms. The highest BCUT2D eigenvalue weighted by molar-refractivity contribution is 6.04. The van der Waals surface area contributed by atoms with Gasteiger partial charge in [-0.25, -0.2) is 4.39 Å². The zero-order chi connectivity index (χ0) is 21.3. The Morgan fingerprint density at radius 3 is 2.73 bits per heavy atom. The zero-order valence-electron chi connectivity index (χ0n) is 17.0. The first-order chi connectivity index (χ1) is 14.5. The van der Waals surface area contributed by atoms with Crippen LogP contribution in [0, 0.1) is 5.82 Å². The van der Waals surface area contributed by atoms with E-state index in [-0.39, 0.29) is 11.7 Å². The van der Waals surface area contributed by atoms with Crippen molar-refractivity contribution in [3.05, 3.63) is 77.2 Å². The molecule has 6 nitrogen and oxygen atoms in total. The van der Waals surface area contributed by atoms with Crippen molar-refractivity contribution < 1.29 is 18.7 Å². The van der Waals surface area contributed by atoms with Crippen molar-refractivity contribution in [1.29, 1.82) is 0 Å². The van der Waals surface area contributed by atoms with Crippen LogP contribution in [0.4, 0.5) is 10.2 Å². The molecule has 0 saturated carbocycles. The van der Waals surface area contributed by atoms with E-state index in [1.807, 2.05) is 6.07 Å². The highest BCUT2D eigenvalue weighted by Gasteiger charge is 2.11. The Morgan fingerprint density at radius 2 is 2.00 bits per heavy atom. The summed E-state index contributed by atoms with van der Waals surface area (Å²) >= 11 is 0. The number of hydrogen-bond donors (Lipinski definition) is 1. The van der Waals surface area contributed by atoms with E-state index in [2.05, 4.69) is 10.4 Å². The van der Waals surface area contributed by atoms with Crippen LogP contribution in [0.25, 0.3) is 12.2 Å². The highest BCUT2D eigenvalue weighted by Crippen LogP contribution is 2.21. The third kappa shape index (κ3) is 6.02. The molecule has 1 aromatic heterocycles. The zero-order valence-corrected chi connectivity index (χ0v) is 17.0. The molecule has 1 N–H and O–H groups in total. The number of hydrogen-bond acceptors (Lipinski definition) is 4. The number of aryl methyl sites for hydroxylation is 1. The number of benzene rings is 2. The Balaban J connectivity index is 1.83. The molecule has 0 radical (unpaired) electrons. The third-order valence-corrected chi connectivity index (χ3v) is 4.27. The van der Waals surface area contributed by atoms with E-state index >= 15 is 0 Å². The lowest BCUT2D eigenvalue weighted by atomic mass is 10.1. The molecule has 2 aromatic carbocycles. The molecule has 0 fully saturated rings. The van der Waals surface area contributed by atoms with Crippen molar-refractivity contribution >= 4 is 23.9 Å². The minimum absolute atomic E-state index is 0.309. The smallest absolute Gasteiger partial charge is 0.257 e. The second-order valence-corrected chi connectivity index (χ2v) is 6.67. The van der Waals surface area contributed by atoms with E-state index in [1.54, 1.807) is 73.6 Å². The molecule has 1 amide bonds. The van der Waals surface area contributed by atoms with Gasteiger partial charge in [-0.3, -0.25) is 9.48 Å². The van der Waals surface area contributed by atoms with Crippen molar-refractivity contribution in [2.75, 3.05) is 25.6 Å². The van der Waals surface area contributed by atoms with Gasteiger partial charge in [0.15, 0.2) is 5.82 Å². The van der Waals surface area contributed by atoms with Crippen molar-refractivity contribution in [2.24, 2.45) is 7.05 Å². The molecule has 0 aliphatic rings. The van der Waals surface area contributed by atoms with Gasteiger partial charge in [-0.15, -0.1) is 0 Å². The summed E-state index contributed by atoms with van der Waals surface area (Å²) < 4.78 is 26.3. The van der Waals surface area contributed by atoms with Gasteiger partial charge in [0, 0.05) is 50.6 Å². The van der Waals surface area contributed by atoms with Crippen molar-refractivity contribution in [2.45, 2.75) is 6.42 Å². The molecule has 7 heteroatoms. The summed E-state index contributed by atoms with van der Waals surface area (Å²) in [6.45, 7) is 1.04. The van der Waals surface area contributed by atoms with Crippen LogP contribution >= 0.6 is 0 Å². The standard InChI is InChI=1S/C23H24FN3O3/c1-27-11-10-22(26-27)25-23(28)19-14-17(8-9-18-6-3-4-7-21(18)24)15-20(16-19)30-13-5-12-29-2/h3-4,6-11,14-16H,5,12-13H2,1-2H3,(H,25,26,28)/b9-8+. The van der Waals surface area contributed by atoms with Crippen LogP contribution < -0.4 is 10.1 Å². The van der Waals surface area contributed by atoms with Crippen LogP contribution in [-0.2, 0) is 11.8 Å². The Bertz CT molecular complexity index is 1030. The highest BCUT2D eigenvalue weighted by atomic mass is 19.1. The minimum atomic E-state index is -0.311. The van der Waals surface area contributed by atoms with E-state index in [0.29, 0.717) is 41.5 Å². The number of nitrogens with one attached hydrogen (secondary N) is 1. The first-order valence-corrected chi connectivity index (χ1v) is 9.55. The monoisotopic (exact) mass is 409 g/mol. The Hall–Kier alpha value is -3.45. The third-order valence-electron chi connectivity index (χ3n) is 4.27. The molecule has 1 heterocycles. The molecule has 156 valence electrons. The average Bonchev–Trinajstić information content (AvgIpc) is 3.15. The molecular formula is C23H24FN3O3. The van der Waals surface area contributed by atoms with Gasteiger partial charge < -0.3 is 14.8 Å². The molecule has 0 aliphatic carbocycles. The predicted octanol–water partition coefficient (Wildman–Crippen LogP) is 4.40. The fourth-order valence-corrected chi connectivity index (χ4v) is 2.79. The van der Waals surface area contributed by atoms with E-state index < -0.39 is 0 Å². The molecule has 0 saturated heterocycles. The average molecular weight is 409 g/mol. The van der Waals surface area contributed by atoms with Gasteiger partial charge in [0.2, 0.25) is 0 Å². The summed E-state index contributed by atoms with van der Waals surface area (Å²) in [4.78, 5) is 12.7. The van der Waals surface area contributed by atoms with Gasteiger partial charge in [-0.05, 0) is 29.8 Å². The Labute approximate surface area is 174 Å². The second kappa shape index (κ2) is 10.4. The number of anilines is 1. The van der Waals surface area contributed by atoms with Crippen LogP contribution in [-0.4, -0.2) is 36.0 Å². The summed E-state index contributed by atoms with van der Waals surface area (Å²) in [7, 11) is 3.41. The van der Waals surface area contributed by atoms with Crippen LogP contribution in [0.3, 0.4) is 0 Å². The molecule has 0 unspecified atom stereocenters. The van der Waals surface area contributed by atoms with Gasteiger partial charge in [0.05, 0.1) is 6.61 Å². The van der Waals surface area contributed by atoms with Gasteiger partial charge in [-0.1, -0.05) is 30.4 Å². The number of methoxy groups -OCH3 is 1. The van der Waals surface area contributed by atoms with Gasteiger partial charge in [0.25, 0.3) is 5.91 Å². The van der Waals surface area contributed by atoms with E-state index in [1.165, 1.54) is 6.07 Å². The number of amides is 1. The largest absolute Gasteiger partial charge is 0.493 e. The van der Waals surface area contributed by atoms with Gasteiger partial charge in [0.1, 0.15) is 11.6 Å². The first-order valence-electron chi connectivity index (χ1n) is 9.55. The lowest BCUT2D eigenvalue weighted by Gasteiger charge is -2.10. The van der Waals surface area contributed by atoms with E-state index in [4.69, 9.17) is 9.47 Å². The van der Waals surface area contributed by atoms with Crippen molar-refractivity contribution in [3.8, 4) is 5.75 Å². The van der Waals surface area contributed by atoms with Crippen molar-refractivity contribution in [3.63, 3.8) is 0 Å². The van der Waals surface area contributed by atoms with Crippen molar-refractivity contribution in [1.82, 2.24) is 9.78 Å². The lowest BCUT2D eigenvalue weighted by Crippen LogP contribution is -2.13. The Morgan fingerprint density at radius 1 is 1.17 bits per heavy atom. The fourth-order valence-electron chi connectivity index (χ4n) is 2.79. The van der Waals surface area contributed by atoms with Crippen LogP contribution in [0.1, 0.15) is 27.9 Å². The number of carbonyl (C=O) groups excluding carboxylic acids is 1. The first kappa shape index (κ1) is 21.3. The topological polar surface area (TPSA) is 65.4 Å². The molecule has 0 bridgehead atoms. The molecule has 0 aliphatic heterocycles. The number of halogens is 1. The maximum Gasteiger partial charge on any atom is 0.257 e. The fraction of sp³-hybridized carbons (Fsp3) is 0.217. The van der Waals surface area contributed by atoms with E-state index in [0.717, 1.165) is 6.42 Å². The number of aromatic nitrogens is 2. The number of nitrogens with zero attached hydrogens (tertiary/aromatic N) is 2. The summed E-state index contributed by atoms with van der Waals surface area (Å²) in [5.74, 6) is 0.385. The maximum absolute atomic E-state index is 13.9.